The number of likely N-dealkylation sites (tertiary alicyclic amines) is 1. The third-order valence-electron chi connectivity index (χ3n) is 5.25. The number of hydrogen-bond donors (Lipinski definition) is 0. The van der Waals surface area contributed by atoms with E-state index in [1.807, 2.05) is 6.20 Å². The average molecular weight is 357 g/mol. The summed E-state index contributed by atoms with van der Waals surface area (Å²) in [6.07, 6.45) is 3.09. The Kier molecular flexibility index (Phi) is 4.93. The SMILES string of the molecule is COc1ccc(CN2CCC3OCc4cnnn4C3C2)cc1CN(C)C. The minimum atomic E-state index is 0.251. The molecule has 0 aliphatic carbocycles. The van der Waals surface area contributed by atoms with Crippen molar-refractivity contribution in [1.29, 1.82) is 0 Å². The van der Waals surface area contributed by atoms with Crippen LogP contribution in [-0.4, -0.2) is 65.2 Å². The van der Waals surface area contributed by atoms with Crippen LogP contribution in [0.4, 0.5) is 0 Å². The van der Waals surface area contributed by atoms with E-state index in [2.05, 4.69) is 57.1 Å². The molecule has 1 aromatic heterocycles. The molecule has 140 valence electrons. The molecule has 0 radical (unpaired) electrons. The predicted molar refractivity (Wildman–Crippen MR) is 97.9 cm³/mol. The van der Waals surface area contributed by atoms with Crippen molar-refractivity contribution >= 4 is 0 Å². The lowest BCUT2D eigenvalue weighted by Gasteiger charge is -2.41. The summed E-state index contributed by atoms with van der Waals surface area (Å²) in [6.45, 7) is 4.41. The van der Waals surface area contributed by atoms with Gasteiger partial charge in [-0.1, -0.05) is 11.3 Å². The first-order valence-electron chi connectivity index (χ1n) is 9.17. The zero-order chi connectivity index (χ0) is 18.1. The second kappa shape index (κ2) is 7.34. The molecule has 0 spiro atoms. The predicted octanol–water partition coefficient (Wildman–Crippen LogP) is 1.69. The van der Waals surface area contributed by atoms with Gasteiger partial charge in [-0.3, -0.25) is 4.90 Å². The highest BCUT2D eigenvalue weighted by Crippen LogP contribution is 2.31. The Morgan fingerprint density at radius 2 is 2.23 bits per heavy atom. The van der Waals surface area contributed by atoms with Gasteiger partial charge in [0.2, 0.25) is 0 Å². The van der Waals surface area contributed by atoms with Crippen LogP contribution in [0.3, 0.4) is 0 Å². The van der Waals surface area contributed by atoms with Gasteiger partial charge in [0.25, 0.3) is 0 Å². The Morgan fingerprint density at radius 3 is 3.04 bits per heavy atom. The molecule has 1 aromatic carbocycles. The van der Waals surface area contributed by atoms with Crippen LogP contribution in [0.25, 0.3) is 0 Å². The summed E-state index contributed by atoms with van der Waals surface area (Å²) in [6, 6.07) is 6.78. The van der Waals surface area contributed by atoms with E-state index in [-0.39, 0.29) is 12.1 Å². The molecular weight excluding hydrogens is 330 g/mol. The minimum absolute atomic E-state index is 0.251. The molecule has 0 N–H and O–H groups in total. The molecule has 1 fully saturated rings. The van der Waals surface area contributed by atoms with Crippen molar-refractivity contribution in [2.75, 3.05) is 34.3 Å². The molecule has 0 bridgehead atoms. The number of methoxy groups -OCH3 is 1. The van der Waals surface area contributed by atoms with Gasteiger partial charge in [-0.05, 0) is 38.2 Å². The van der Waals surface area contributed by atoms with E-state index in [0.717, 1.165) is 44.0 Å². The van der Waals surface area contributed by atoms with Gasteiger partial charge in [0.1, 0.15) is 5.75 Å². The number of rotatable bonds is 5. The molecule has 2 unspecified atom stereocenters. The Hall–Kier alpha value is -1.96. The molecule has 2 aromatic rings. The van der Waals surface area contributed by atoms with Crippen LogP contribution in [0.2, 0.25) is 0 Å². The maximum Gasteiger partial charge on any atom is 0.123 e. The molecule has 7 heteroatoms. The van der Waals surface area contributed by atoms with Crippen LogP contribution in [-0.2, 0) is 24.4 Å². The largest absolute Gasteiger partial charge is 0.496 e. The van der Waals surface area contributed by atoms with Crippen molar-refractivity contribution in [3.63, 3.8) is 0 Å². The zero-order valence-corrected chi connectivity index (χ0v) is 15.8. The summed E-state index contributed by atoms with van der Waals surface area (Å²) in [7, 11) is 5.89. The summed E-state index contributed by atoms with van der Waals surface area (Å²) in [5.74, 6) is 0.953. The molecule has 0 saturated carbocycles. The van der Waals surface area contributed by atoms with Gasteiger partial charge < -0.3 is 14.4 Å². The number of benzene rings is 1. The van der Waals surface area contributed by atoms with Crippen molar-refractivity contribution in [3.8, 4) is 5.75 Å². The summed E-state index contributed by atoms with van der Waals surface area (Å²) >= 11 is 0. The van der Waals surface area contributed by atoms with Crippen LogP contribution < -0.4 is 4.74 Å². The molecule has 2 aliphatic heterocycles. The number of aromatic nitrogens is 3. The van der Waals surface area contributed by atoms with E-state index < -0.39 is 0 Å². The summed E-state index contributed by atoms with van der Waals surface area (Å²) in [5, 5.41) is 8.35. The first kappa shape index (κ1) is 17.5. The maximum absolute atomic E-state index is 6.01. The lowest BCUT2D eigenvalue weighted by molar-refractivity contribution is -0.0669. The molecule has 1 saturated heterocycles. The van der Waals surface area contributed by atoms with Crippen molar-refractivity contribution in [2.45, 2.75) is 38.3 Å². The highest BCUT2D eigenvalue weighted by Gasteiger charge is 2.36. The third kappa shape index (κ3) is 3.47. The molecule has 3 heterocycles. The zero-order valence-electron chi connectivity index (χ0n) is 15.8. The van der Waals surface area contributed by atoms with E-state index >= 15 is 0 Å². The van der Waals surface area contributed by atoms with Crippen LogP contribution in [0.1, 0.15) is 29.3 Å². The van der Waals surface area contributed by atoms with E-state index in [4.69, 9.17) is 9.47 Å². The van der Waals surface area contributed by atoms with Crippen molar-refractivity contribution in [2.24, 2.45) is 0 Å². The van der Waals surface area contributed by atoms with Crippen LogP contribution in [0, 0.1) is 0 Å². The van der Waals surface area contributed by atoms with Gasteiger partial charge in [0, 0.05) is 31.7 Å². The molecule has 4 rings (SSSR count). The second-order valence-electron chi connectivity index (χ2n) is 7.49. The van der Waals surface area contributed by atoms with Gasteiger partial charge in [-0.25, -0.2) is 4.68 Å². The van der Waals surface area contributed by atoms with Crippen LogP contribution >= 0.6 is 0 Å². The van der Waals surface area contributed by atoms with Gasteiger partial charge in [0.05, 0.1) is 37.8 Å². The Bertz CT molecular complexity index is 760. The maximum atomic E-state index is 6.01. The average Bonchev–Trinajstić information content (AvgIpc) is 3.11. The number of ether oxygens (including phenoxy) is 2. The smallest absolute Gasteiger partial charge is 0.123 e. The lowest BCUT2D eigenvalue weighted by Crippen LogP contribution is -2.47. The number of fused-ring (bicyclic) bond motifs is 3. The van der Waals surface area contributed by atoms with Crippen LogP contribution in [0.15, 0.2) is 24.4 Å². The van der Waals surface area contributed by atoms with Crippen molar-refractivity contribution in [1.82, 2.24) is 24.8 Å². The first-order valence-corrected chi connectivity index (χ1v) is 9.17. The summed E-state index contributed by atoms with van der Waals surface area (Å²) in [4.78, 5) is 4.65. The molecule has 7 nitrogen and oxygen atoms in total. The first-order chi connectivity index (χ1) is 12.6. The van der Waals surface area contributed by atoms with Gasteiger partial charge in [-0.15, -0.1) is 5.10 Å². The number of hydrogen-bond acceptors (Lipinski definition) is 6. The normalized spacial score (nSPS) is 22.9. The highest BCUT2D eigenvalue weighted by atomic mass is 16.5. The second-order valence-corrected chi connectivity index (χ2v) is 7.49. The minimum Gasteiger partial charge on any atom is -0.496 e. The van der Waals surface area contributed by atoms with Gasteiger partial charge in [0.15, 0.2) is 0 Å². The van der Waals surface area contributed by atoms with Gasteiger partial charge >= 0.3 is 0 Å². The monoisotopic (exact) mass is 357 g/mol. The summed E-state index contributed by atoms with van der Waals surface area (Å²) < 4.78 is 13.6. The van der Waals surface area contributed by atoms with E-state index in [0.29, 0.717) is 6.61 Å². The van der Waals surface area contributed by atoms with E-state index in [9.17, 15) is 0 Å². The molecule has 2 atom stereocenters. The fourth-order valence-corrected chi connectivity index (χ4v) is 4.04. The molecule has 26 heavy (non-hydrogen) atoms. The van der Waals surface area contributed by atoms with Crippen molar-refractivity contribution < 1.29 is 9.47 Å². The van der Waals surface area contributed by atoms with E-state index in [1.165, 1.54) is 11.1 Å². The number of nitrogens with zero attached hydrogens (tertiary/aromatic N) is 5. The van der Waals surface area contributed by atoms with Crippen molar-refractivity contribution in [3.05, 3.63) is 41.2 Å². The Balaban J connectivity index is 1.48. The standard InChI is InChI=1S/C19H27N5O2/c1-22(2)11-15-8-14(4-5-18(15)25-3)10-23-7-6-19-17(12-23)24-16(13-26-19)9-20-21-24/h4-5,8-9,17,19H,6-7,10-13H2,1-3H3. The fourth-order valence-electron chi connectivity index (χ4n) is 4.04. The topological polar surface area (TPSA) is 55.7 Å². The molecular formula is C19H27N5O2. The quantitative estimate of drug-likeness (QED) is 0.812. The van der Waals surface area contributed by atoms with Crippen LogP contribution in [0.5, 0.6) is 5.75 Å². The number of piperidine rings is 1. The molecule has 0 amide bonds. The Morgan fingerprint density at radius 1 is 1.35 bits per heavy atom. The Labute approximate surface area is 154 Å². The van der Waals surface area contributed by atoms with E-state index in [1.54, 1.807) is 7.11 Å². The van der Waals surface area contributed by atoms with Gasteiger partial charge in [-0.2, -0.15) is 0 Å². The third-order valence-corrected chi connectivity index (χ3v) is 5.25. The highest BCUT2D eigenvalue weighted by molar-refractivity contribution is 5.37. The summed E-state index contributed by atoms with van der Waals surface area (Å²) in [5.41, 5.74) is 3.62. The molecule has 2 aliphatic rings. The lowest BCUT2D eigenvalue weighted by atomic mass is 9.99. The fraction of sp³-hybridized carbons (Fsp3) is 0.579.